The average Bonchev–Trinajstić information content (AvgIpc) is 1.27. The summed E-state index contributed by atoms with van der Waals surface area (Å²) in [6.07, 6.45) is 0. The van der Waals surface area contributed by atoms with Crippen molar-refractivity contribution in [3.8, 4) is 0 Å². The highest BCUT2D eigenvalue weighted by Gasteiger charge is 1.83. The number of aliphatic imine (C=N–C) groups is 1. The van der Waals surface area contributed by atoms with Gasteiger partial charge in [0.1, 0.15) is 5.84 Å². The molecular formula is C3H6N2OS. The highest BCUT2D eigenvalue weighted by molar-refractivity contribution is 7.96. The molecule has 0 atom stereocenters. The van der Waals surface area contributed by atoms with Gasteiger partial charge in [0.2, 0.25) is 0 Å². The van der Waals surface area contributed by atoms with Crippen molar-refractivity contribution in [2.75, 3.05) is 0 Å². The molecule has 4 heteroatoms. The highest BCUT2D eigenvalue weighted by Crippen LogP contribution is 1.81. The van der Waals surface area contributed by atoms with Crippen LogP contribution in [-0.2, 0) is 0 Å². The zero-order valence-corrected chi connectivity index (χ0v) is 4.77. The van der Waals surface area contributed by atoms with E-state index in [0.717, 1.165) is 0 Å². The lowest BCUT2D eigenvalue weighted by Gasteiger charge is -1.80. The number of nitrogens with two attached hydrogens (primary N) is 1. The third-order valence-electron chi connectivity index (χ3n) is 0.272. The Bertz CT molecular complexity index is 106. The lowest BCUT2D eigenvalue weighted by Crippen LogP contribution is -2.05. The molecule has 0 saturated carbocycles. The quantitative estimate of drug-likeness (QED) is 0.275. The van der Waals surface area contributed by atoms with Crippen LogP contribution in [0.3, 0.4) is 0 Å². The number of amides is 1. The van der Waals surface area contributed by atoms with Gasteiger partial charge in [-0.3, -0.25) is 4.79 Å². The number of thiol groups is 1. The van der Waals surface area contributed by atoms with Crippen LogP contribution in [-0.4, -0.2) is 11.1 Å². The minimum absolute atomic E-state index is 0.236. The summed E-state index contributed by atoms with van der Waals surface area (Å²) in [7, 11) is 0. The van der Waals surface area contributed by atoms with Crippen LogP contribution in [0, 0.1) is 0 Å². The van der Waals surface area contributed by atoms with Crippen molar-refractivity contribution in [1.29, 1.82) is 0 Å². The summed E-state index contributed by atoms with van der Waals surface area (Å²) >= 11 is 3.33. The second-order valence-corrected chi connectivity index (χ2v) is 1.42. The van der Waals surface area contributed by atoms with Gasteiger partial charge in [-0.2, -0.15) is 4.99 Å². The summed E-state index contributed by atoms with van der Waals surface area (Å²) in [5.74, 6) is 0.236. The smallest absolute Gasteiger partial charge is 0.303 e. The molecule has 0 saturated heterocycles. The zero-order chi connectivity index (χ0) is 5.86. The average molecular weight is 118 g/mol. The van der Waals surface area contributed by atoms with E-state index in [4.69, 9.17) is 5.73 Å². The van der Waals surface area contributed by atoms with Crippen molar-refractivity contribution >= 4 is 23.7 Å². The van der Waals surface area contributed by atoms with E-state index in [1.807, 2.05) is 0 Å². The molecule has 0 unspecified atom stereocenters. The first-order valence-electron chi connectivity index (χ1n) is 1.66. The summed E-state index contributed by atoms with van der Waals surface area (Å²) in [6, 6.07) is 0. The van der Waals surface area contributed by atoms with Crippen molar-refractivity contribution in [1.82, 2.24) is 0 Å². The van der Waals surface area contributed by atoms with E-state index in [2.05, 4.69) is 17.6 Å². The summed E-state index contributed by atoms with van der Waals surface area (Å²) in [5.41, 5.74) is 4.97. The fraction of sp³-hybridized carbons (Fsp3) is 0.333. The predicted molar refractivity (Wildman–Crippen MR) is 31.7 cm³/mol. The predicted octanol–water partition coefficient (Wildman–Crippen LogP) is 0.413. The fourth-order valence-electron chi connectivity index (χ4n) is 0.151. The van der Waals surface area contributed by atoms with E-state index in [0.29, 0.717) is 0 Å². The summed E-state index contributed by atoms with van der Waals surface area (Å²) in [6.45, 7) is 1.52. The van der Waals surface area contributed by atoms with E-state index < -0.39 is 5.24 Å². The van der Waals surface area contributed by atoms with Crippen LogP contribution in [0.15, 0.2) is 4.99 Å². The van der Waals surface area contributed by atoms with Crippen LogP contribution < -0.4 is 5.73 Å². The van der Waals surface area contributed by atoms with Crippen molar-refractivity contribution in [3.63, 3.8) is 0 Å². The molecule has 3 nitrogen and oxygen atoms in total. The van der Waals surface area contributed by atoms with Crippen molar-refractivity contribution < 1.29 is 4.79 Å². The normalized spacial score (nSPS) is 11.4. The topological polar surface area (TPSA) is 55.4 Å². The van der Waals surface area contributed by atoms with Gasteiger partial charge in [-0.05, 0) is 6.92 Å². The Morgan fingerprint density at radius 1 is 1.86 bits per heavy atom. The number of hydrogen-bond acceptors (Lipinski definition) is 1. The van der Waals surface area contributed by atoms with Gasteiger partial charge in [-0.15, -0.1) is 0 Å². The van der Waals surface area contributed by atoms with Crippen LogP contribution in [0.5, 0.6) is 0 Å². The molecule has 40 valence electrons. The van der Waals surface area contributed by atoms with E-state index in [1.165, 1.54) is 6.92 Å². The summed E-state index contributed by atoms with van der Waals surface area (Å²) in [4.78, 5) is 13.0. The van der Waals surface area contributed by atoms with Gasteiger partial charge in [-0.1, -0.05) is 12.6 Å². The van der Waals surface area contributed by atoms with Crippen molar-refractivity contribution in [2.45, 2.75) is 6.92 Å². The first kappa shape index (κ1) is 6.49. The molecule has 0 aromatic heterocycles. The summed E-state index contributed by atoms with van der Waals surface area (Å²) < 4.78 is 0. The minimum Gasteiger partial charge on any atom is -0.387 e. The lowest BCUT2D eigenvalue weighted by atomic mass is 10.7. The number of hydrogen-bond donors (Lipinski definition) is 2. The standard InChI is InChI=1S/C3H6N2OS/c1-2(4)5-3(6)7/h1H3,(H3,4,5,6,7). The van der Waals surface area contributed by atoms with Crippen LogP contribution in [0.4, 0.5) is 4.79 Å². The fourth-order valence-corrected chi connectivity index (χ4v) is 0.309. The minimum atomic E-state index is -0.556. The van der Waals surface area contributed by atoms with Gasteiger partial charge in [0, 0.05) is 0 Å². The molecule has 0 aromatic rings. The molecule has 7 heavy (non-hydrogen) atoms. The molecular weight excluding hydrogens is 112 g/mol. The number of nitrogens with zero attached hydrogens (tertiary/aromatic N) is 1. The number of rotatable bonds is 0. The monoisotopic (exact) mass is 118 g/mol. The summed E-state index contributed by atoms with van der Waals surface area (Å²) in [5, 5.41) is -0.556. The first-order chi connectivity index (χ1) is 3.13. The van der Waals surface area contributed by atoms with Crippen molar-refractivity contribution in [3.05, 3.63) is 0 Å². The van der Waals surface area contributed by atoms with Gasteiger partial charge in [0.05, 0.1) is 0 Å². The second-order valence-electron chi connectivity index (χ2n) is 1.04. The maximum atomic E-state index is 9.85. The molecule has 0 aromatic carbocycles. The zero-order valence-electron chi connectivity index (χ0n) is 3.88. The third kappa shape index (κ3) is 5.49. The van der Waals surface area contributed by atoms with Gasteiger partial charge >= 0.3 is 5.24 Å². The molecule has 0 aliphatic carbocycles. The van der Waals surface area contributed by atoms with E-state index in [-0.39, 0.29) is 5.84 Å². The third-order valence-corrected chi connectivity index (χ3v) is 0.372. The maximum absolute atomic E-state index is 9.85. The van der Waals surface area contributed by atoms with Crippen LogP contribution >= 0.6 is 12.6 Å². The van der Waals surface area contributed by atoms with E-state index in [9.17, 15) is 4.79 Å². The Kier molecular flexibility index (Phi) is 2.44. The second kappa shape index (κ2) is 2.63. The number of amidine groups is 1. The molecule has 0 fully saturated rings. The molecule has 0 radical (unpaired) electrons. The molecule has 0 aliphatic heterocycles. The van der Waals surface area contributed by atoms with Gasteiger partial charge in [0.15, 0.2) is 0 Å². The number of carbonyl (C=O) groups excluding carboxylic acids is 1. The van der Waals surface area contributed by atoms with Crippen LogP contribution in [0.25, 0.3) is 0 Å². The Labute approximate surface area is 47.0 Å². The molecule has 0 aliphatic rings. The molecule has 0 bridgehead atoms. The molecule has 0 heterocycles. The van der Waals surface area contributed by atoms with Crippen LogP contribution in [0.1, 0.15) is 6.92 Å². The van der Waals surface area contributed by atoms with Crippen molar-refractivity contribution in [2.24, 2.45) is 10.7 Å². The Balaban J connectivity index is 3.68. The Morgan fingerprint density at radius 2 is 2.29 bits per heavy atom. The molecule has 0 rings (SSSR count). The SMILES string of the molecule is C/C(N)=N/C(=O)S. The number of carbonyl (C=O) groups is 1. The maximum Gasteiger partial charge on any atom is 0.303 e. The van der Waals surface area contributed by atoms with E-state index >= 15 is 0 Å². The van der Waals surface area contributed by atoms with E-state index in [1.54, 1.807) is 0 Å². The van der Waals surface area contributed by atoms with Gasteiger partial charge in [-0.25, -0.2) is 0 Å². The Hall–Kier alpha value is -0.510. The lowest BCUT2D eigenvalue weighted by molar-refractivity contribution is 0.268. The largest absolute Gasteiger partial charge is 0.387 e. The van der Waals surface area contributed by atoms with Crippen LogP contribution in [0.2, 0.25) is 0 Å². The molecule has 1 amide bonds. The Morgan fingerprint density at radius 3 is 2.29 bits per heavy atom. The highest BCUT2D eigenvalue weighted by atomic mass is 32.1. The van der Waals surface area contributed by atoms with Gasteiger partial charge in [0.25, 0.3) is 0 Å². The molecule has 2 N–H and O–H groups in total. The molecule has 0 spiro atoms. The van der Waals surface area contributed by atoms with Gasteiger partial charge < -0.3 is 5.73 Å². The first-order valence-corrected chi connectivity index (χ1v) is 2.11.